The lowest BCUT2D eigenvalue weighted by atomic mass is 10.1. The van der Waals surface area contributed by atoms with Crippen molar-refractivity contribution in [3.63, 3.8) is 0 Å². The topological polar surface area (TPSA) is 68.0 Å². The number of nitrogens with zero attached hydrogens (tertiary/aromatic N) is 1. The van der Waals surface area contributed by atoms with E-state index >= 15 is 0 Å². The standard InChI is InChI=1S/C14H16FN3OS/c1-8(16)13(19)18-14-17-9(2)12(20-14)7-10-5-3-4-6-11(10)15/h3-6,8H,7,16H2,1-2H3,(H,17,18,19)/t8-/m0/s1. The zero-order chi connectivity index (χ0) is 14.7. The minimum Gasteiger partial charge on any atom is -0.320 e. The number of halogens is 1. The van der Waals surface area contributed by atoms with Gasteiger partial charge in [-0.05, 0) is 25.5 Å². The lowest BCUT2D eigenvalue weighted by Crippen LogP contribution is -2.32. The summed E-state index contributed by atoms with van der Waals surface area (Å²) in [5, 5.41) is 3.15. The van der Waals surface area contributed by atoms with Crippen LogP contribution in [-0.2, 0) is 11.2 Å². The smallest absolute Gasteiger partial charge is 0.242 e. The number of hydrogen-bond acceptors (Lipinski definition) is 4. The summed E-state index contributed by atoms with van der Waals surface area (Å²) in [7, 11) is 0. The third-order valence-corrected chi connectivity index (χ3v) is 3.92. The molecule has 1 aromatic heterocycles. The lowest BCUT2D eigenvalue weighted by molar-refractivity contribution is -0.117. The molecular weight excluding hydrogens is 277 g/mol. The summed E-state index contributed by atoms with van der Waals surface area (Å²) < 4.78 is 13.6. The number of nitrogens with two attached hydrogens (primary N) is 1. The van der Waals surface area contributed by atoms with Gasteiger partial charge in [0.25, 0.3) is 0 Å². The Morgan fingerprint density at radius 2 is 2.20 bits per heavy atom. The van der Waals surface area contributed by atoms with Gasteiger partial charge in [0, 0.05) is 11.3 Å². The number of carbonyl (C=O) groups excluding carboxylic acids is 1. The fraction of sp³-hybridized carbons (Fsp3) is 0.286. The minimum absolute atomic E-state index is 0.235. The van der Waals surface area contributed by atoms with Gasteiger partial charge in [-0.15, -0.1) is 11.3 Å². The Kier molecular flexibility index (Phi) is 4.46. The van der Waals surface area contributed by atoms with Gasteiger partial charge in [-0.25, -0.2) is 9.37 Å². The Morgan fingerprint density at radius 3 is 2.85 bits per heavy atom. The predicted octanol–water partition coefficient (Wildman–Crippen LogP) is 2.47. The number of benzene rings is 1. The van der Waals surface area contributed by atoms with Gasteiger partial charge >= 0.3 is 0 Å². The second-order valence-corrected chi connectivity index (χ2v) is 5.66. The summed E-state index contributed by atoms with van der Waals surface area (Å²) in [5.41, 5.74) is 6.89. The maximum atomic E-state index is 13.6. The molecule has 2 aromatic rings. The number of rotatable bonds is 4. The zero-order valence-corrected chi connectivity index (χ0v) is 12.1. The van der Waals surface area contributed by atoms with Crippen LogP contribution in [0.25, 0.3) is 0 Å². The first-order chi connectivity index (χ1) is 9.47. The van der Waals surface area contributed by atoms with E-state index in [1.807, 2.05) is 6.92 Å². The molecule has 0 radical (unpaired) electrons. The Hall–Kier alpha value is -1.79. The van der Waals surface area contributed by atoms with Crippen LogP contribution in [0, 0.1) is 12.7 Å². The number of anilines is 1. The van der Waals surface area contributed by atoms with E-state index in [-0.39, 0.29) is 11.7 Å². The number of amides is 1. The molecule has 0 saturated heterocycles. The van der Waals surface area contributed by atoms with Crippen LogP contribution in [0.3, 0.4) is 0 Å². The van der Waals surface area contributed by atoms with E-state index in [9.17, 15) is 9.18 Å². The van der Waals surface area contributed by atoms with E-state index in [1.54, 1.807) is 25.1 Å². The van der Waals surface area contributed by atoms with Crippen molar-refractivity contribution < 1.29 is 9.18 Å². The van der Waals surface area contributed by atoms with Gasteiger partial charge in [0.1, 0.15) is 5.82 Å². The molecule has 1 heterocycles. The molecule has 1 amide bonds. The van der Waals surface area contributed by atoms with E-state index in [1.165, 1.54) is 17.4 Å². The van der Waals surface area contributed by atoms with Crippen molar-refractivity contribution in [3.05, 3.63) is 46.2 Å². The molecule has 0 fully saturated rings. The largest absolute Gasteiger partial charge is 0.320 e. The average molecular weight is 293 g/mol. The molecular formula is C14H16FN3OS. The summed E-state index contributed by atoms with van der Waals surface area (Å²) >= 11 is 1.34. The number of hydrogen-bond donors (Lipinski definition) is 2. The Morgan fingerprint density at radius 1 is 1.50 bits per heavy atom. The van der Waals surface area contributed by atoms with E-state index in [4.69, 9.17) is 5.73 Å². The van der Waals surface area contributed by atoms with Gasteiger partial charge < -0.3 is 11.1 Å². The highest BCUT2D eigenvalue weighted by Gasteiger charge is 2.14. The van der Waals surface area contributed by atoms with Crippen LogP contribution in [0.1, 0.15) is 23.1 Å². The maximum Gasteiger partial charge on any atom is 0.242 e. The Balaban J connectivity index is 2.16. The summed E-state index contributed by atoms with van der Waals surface area (Å²) in [6, 6.07) is 6.05. The number of aromatic nitrogens is 1. The molecule has 4 nitrogen and oxygen atoms in total. The highest BCUT2D eigenvalue weighted by Crippen LogP contribution is 2.26. The van der Waals surface area contributed by atoms with Crippen LogP contribution in [-0.4, -0.2) is 16.9 Å². The van der Waals surface area contributed by atoms with Gasteiger partial charge in [-0.1, -0.05) is 18.2 Å². The molecule has 106 valence electrons. The normalized spacial score (nSPS) is 12.2. The van der Waals surface area contributed by atoms with Crippen molar-refractivity contribution in [3.8, 4) is 0 Å². The molecule has 6 heteroatoms. The van der Waals surface area contributed by atoms with Crippen molar-refractivity contribution >= 4 is 22.4 Å². The van der Waals surface area contributed by atoms with Crippen LogP contribution in [0.5, 0.6) is 0 Å². The Labute approximate surface area is 120 Å². The van der Waals surface area contributed by atoms with E-state index in [2.05, 4.69) is 10.3 Å². The van der Waals surface area contributed by atoms with E-state index in [0.29, 0.717) is 17.1 Å². The highest BCUT2D eigenvalue weighted by molar-refractivity contribution is 7.15. The molecule has 1 aromatic carbocycles. The first-order valence-electron chi connectivity index (χ1n) is 6.23. The second-order valence-electron chi connectivity index (χ2n) is 4.57. The molecule has 20 heavy (non-hydrogen) atoms. The fourth-order valence-corrected chi connectivity index (χ4v) is 2.67. The predicted molar refractivity (Wildman–Crippen MR) is 78.3 cm³/mol. The molecule has 0 aliphatic heterocycles. The van der Waals surface area contributed by atoms with Gasteiger partial charge in [-0.2, -0.15) is 0 Å². The quantitative estimate of drug-likeness (QED) is 0.910. The number of nitrogens with one attached hydrogen (secondary N) is 1. The molecule has 0 spiro atoms. The minimum atomic E-state index is -0.589. The van der Waals surface area contributed by atoms with Crippen molar-refractivity contribution in [2.75, 3.05) is 5.32 Å². The monoisotopic (exact) mass is 293 g/mol. The fourth-order valence-electron chi connectivity index (χ4n) is 1.68. The van der Waals surface area contributed by atoms with Gasteiger partial charge in [0.2, 0.25) is 5.91 Å². The average Bonchev–Trinajstić information content (AvgIpc) is 2.72. The van der Waals surface area contributed by atoms with Crippen molar-refractivity contribution in [1.82, 2.24) is 4.98 Å². The van der Waals surface area contributed by atoms with Crippen LogP contribution >= 0.6 is 11.3 Å². The second kappa shape index (κ2) is 6.11. The molecule has 1 atom stereocenters. The van der Waals surface area contributed by atoms with Crippen LogP contribution in [0.15, 0.2) is 24.3 Å². The van der Waals surface area contributed by atoms with E-state index < -0.39 is 6.04 Å². The third kappa shape index (κ3) is 3.40. The molecule has 0 aliphatic carbocycles. The Bertz CT molecular complexity index is 625. The number of aryl methyl sites for hydroxylation is 1. The third-order valence-electron chi connectivity index (χ3n) is 2.85. The van der Waals surface area contributed by atoms with Crippen LogP contribution < -0.4 is 11.1 Å². The molecule has 0 saturated carbocycles. The molecule has 3 N–H and O–H groups in total. The van der Waals surface area contributed by atoms with Gasteiger partial charge in [0.15, 0.2) is 5.13 Å². The summed E-state index contributed by atoms with van der Waals surface area (Å²) in [5.74, 6) is -0.516. The highest BCUT2D eigenvalue weighted by atomic mass is 32.1. The SMILES string of the molecule is Cc1nc(NC(=O)[C@H](C)N)sc1Cc1ccccc1F. The van der Waals surface area contributed by atoms with Crippen LogP contribution in [0.2, 0.25) is 0 Å². The van der Waals surface area contributed by atoms with Crippen LogP contribution in [0.4, 0.5) is 9.52 Å². The van der Waals surface area contributed by atoms with Crippen molar-refractivity contribution in [1.29, 1.82) is 0 Å². The summed E-state index contributed by atoms with van der Waals surface area (Å²) in [6.07, 6.45) is 0.463. The summed E-state index contributed by atoms with van der Waals surface area (Å²) in [4.78, 5) is 16.7. The number of thiazole rings is 1. The molecule has 2 rings (SSSR count). The van der Waals surface area contributed by atoms with Gasteiger partial charge in [0.05, 0.1) is 11.7 Å². The molecule has 0 bridgehead atoms. The van der Waals surface area contributed by atoms with E-state index in [0.717, 1.165) is 10.6 Å². The first kappa shape index (κ1) is 14.6. The van der Waals surface area contributed by atoms with Gasteiger partial charge in [-0.3, -0.25) is 4.79 Å². The molecule has 0 unspecified atom stereocenters. The van der Waals surface area contributed by atoms with Crippen molar-refractivity contribution in [2.24, 2.45) is 5.73 Å². The molecule has 0 aliphatic rings. The van der Waals surface area contributed by atoms with Crippen molar-refractivity contribution in [2.45, 2.75) is 26.3 Å². The zero-order valence-electron chi connectivity index (χ0n) is 11.3. The maximum absolute atomic E-state index is 13.6. The first-order valence-corrected chi connectivity index (χ1v) is 7.05. The number of carbonyl (C=O) groups is 1. The lowest BCUT2D eigenvalue weighted by Gasteiger charge is -2.03. The summed E-state index contributed by atoms with van der Waals surface area (Å²) in [6.45, 7) is 3.45.